The lowest BCUT2D eigenvalue weighted by Crippen LogP contribution is -2.42. The fourth-order valence-corrected chi connectivity index (χ4v) is 2.41. The number of nitrogens with zero attached hydrogens (tertiary/aromatic N) is 3. The second kappa shape index (κ2) is 11.6. The molecule has 0 aliphatic carbocycles. The van der Waals surface area contributed by atoms with E-state index in [-0.39, 0.29) is 36.4 Å². The van der Waals surface area contributed by atoms with Crippen LogP contribution in [-0.4, -0.2) is 52.9 Å². The molecule has 0 aliphatic rings. The van der Waals surface area contributed by atoms with Crippen molar-refractivity contribution < 1.29 is 9.90 Å². The largest absolute Gasteiger partial charge is 0.383 e. The highest BCUT2D eigenvalue weighted by atomic mass is 127. The average Bonchev–Trinajstić information content (AvgIpc) is 3.11. The van der Waals surface area contributed by atoms with Crippen LogP contribution < -0.4 is 16.0 Å². The van der Waals surface area contributed by atoms with E-state index >= 15 is 0 Å². The lowest BCUT2D eigenvalue weighted by atomic mass is 10.0. The molecule has 9 heteroatoms. The molecule has 0 aliphatic heterocycles. The van der Waals surface area contributed by atoms with Crippen LogP contribution in [0.2, 0.25) is 0 Å². The summed E-state index contributed by atoms with van der Waals surface area (Å²) in [6.07, 6.45) is 3.41. The minimum atomic E-state index is -1.11. The van der Waals surface area contributed by atoms with Crippen LogP contribution in [0.15, 0.2) is 47.7 Å². The number of hydrogen-bond donors (Lipinski definition) is 4. The van der Waals surface area contributed by atoms with Crippen molar-refractivity contribution in [2.24, 2.45) is 12.0 Å². The molecule has 1 unspecified atom stereocenters. The Balaban J connectivity index is 0.00000392. The van der Waals surface area contributed by atoms with Gasteiger partial charge in [0.15, 0.2) is 5.96 Å². The molecule has 8 nitrogen and oxygen atoms in total. The number of carbonyl (C=O) groups excluding carboxylic acids is 1. The Morgan fingerprint density at radius 2 is 1.89 bits per heavy atom. The summed E-state index contributed by atoms with van der Waals surface area (Å²) in [7, 11) is 1.80. The van der Waals surface area contributed by atoms with Gasteiger partial charge in [0.1, 0.15) is 5.60 Å². The Labute approximate surface area is 182 Å². The summed E-state index contributed by atoms with van der Waals surface area (Å²) in [4.78, 5) is 16.4. The highest BCUT2D eigenvalue weighted by Crippen LogP contribution is 2.19. The summed E-state index contributed by atoms with van der Waals surface area (Å²) >= 11 is 0. The molecule has 0 fully saturated rings. The second-order valence-electron chi connectivity index (χ2n) is 6.42. The van der Waals surface area contributed by atoms with Gasteiger partial charge in [-0.15, -0.1) is 24.0 Å². The molecule has 1 amide bonds. The van der Waals surface area contributed by atoms with E-state index in [9.17, 15) is 9.90 Å². The highest BCUT2D eigenvalue weighted by Gasteiger charge is 2.24. The third-order valence-electron chi connectivity index (χ3n) is 3.96. The van der Waals surface area contributed by atoms with Gasteiger partial charge in [-0.1, -0.05) is 18.2 Å². The molecule has 1 atom stereocenters. The van der Waals surface area contributed by atoms with Crippen LogP contribution in [0.5, 0.6) is 0 Å². The summed E-state index contributed by atoms with van der Waals surface area (Å²) < 4.78 is 1.65. The van der Waals surface area contributed by atoms with E-state index in [4.69, 9.17) is 0 Å². The third kappa shape index (κ3) is 7.47. The standard InChI is InChI=1S/C19H28N6O2.HI/c1-4-20-18(23-14-19(2,27)16-12-24-25(3)13-16)22-11-10-21-17(26)15-8-6-5-7-9-15;/h5-9,12-13,27H,4,10-11,14H2,1-3H3,(H,21,26)(H2,20,22,23);1H. The van der Waals surface area contributed by atoms with Crippen molar-refractivity contribution in [3.63, 3.8) is 0 Å². The third-order valence-corrected chi connectivity index (χ3v) is 3.96. The van der Waals surface area contributed by atoms with Crippen LogP contribution >= 0.6 is 24.0 Å². The Morgan fingerprint density at radius 3 is 2.50 bits per heavy atom. The number of aromatic nitrogens is 2. The summed E-state index contributed by atoms with van der Waals surface area (Å²) in [6, 6.07) is 9.08. The van der Waals surface area contributed by atoms with Crippen LogP contribution in [0.25, 0.3) is 0 Å². The first-order chi connectivity index (χ1) is 12.9. The molecule has 0 saturated heterocycles. The van der Waals surface area contributed by atoms with Crippen LogP contribution in [-0.2, 0) is 12.6 Å². The number of aliphatic imine (C=N–C) groups is 1. The normalized spacial score (nSPS) is 13.2. The SMILES string of the molecule is CCNC(=NCC(C)(O)c1cnn(C)c1)NCCNC(=O)c1ccccc1.I. The molecule has 1 aromatic carbocycles. The topological polar surface area (TPSA) is 104 Å². The van der Waals surface area contributed by atoms with Crippen molar-refractivity contribution in [2.45, 2.75) is 19.4 Å². The second-order valence-corrected chi connectivity index (χ2v) is 6.42. The van der Waals surface area contributed by atoms with Crippen LogP contribution in [0.1, 0.15) is 29.8 Å². The zero-order valence-electron chi connectivity index (χ0n) is 16.5. The predicted octanol–water partition coefficient (Wildman–Crippen LogP) is 1.23. The molecule has 4 N–H and O–H groups in total. The molecular formula is C19H29IN6O2. The van der Waals surface area contributed by atoms with Gasteiger partial charge in [0.2, 0.25) is 0 Å². The van der Waals surface area contributed by atoms with E-state index < -0.39 is 5.60 Å². The smallest absolute Gasteiger partial charge is 0.251 e. The van der Waals surface area contributed by atoms with Crippen molar-refractivity contribution in [1.29, 1.82) is 0 Å². The number of benzene rings is 1. The first-order valence-corrected chi connectivity index (χ1v) is 8.99. The van der Waals surface area contributed by atoms with E-state index in [1.54, 1.807) is 43.2 Å². The average molecular weight is 500 g/mol. The van der Waals surface area contributed by atoms with Crippen LogP contribution in [0.4, 0.5) is 0 Å². The van der Waals surface area contributed by atoms with Gasteiger partial charge in [-0.05, 0) is 26.0 Å². The molecule has 2 aromatic rings. The number of guanidine groups is 1. The molecular weight excluding hydrogens is 471 g/mol. The summed E-state index contributed by atoms with van der Waals surface area (Å²) in [5, 5.41) is 23.8. The van der Waals surface area contributed by atoms with Crippen LogP contribution in [0.3, 0.4) is 0 Å². The fourth-order valence-electron chi connectivity index (χ4n) is 2.41. The molecule has 0 radical (unpaired) electrons. The number of halogens is 1. The minimum absolute atomic E-state index is 0. The molecule has 154 valence electrons. The van der Waals surface area contributed by atoms with Crippen molar-refractivity contribution in [3.05, 3.63) is 53.9 Å². The number of amides is 1. The quantitative estimate of drug-likeness (QED) is 0.189. The number of hydrogen-bond acceptors (Lipinski definition) is 4. The number of aliphatic hydroxyl groups is 1. The first kappa shape index (κ1) is 23.9. The van der Waals surface area contributed by atoms with E-state index in [0.29, 0.717) is 36.7 Å². The van der Waals surface area contributed by atoms with Gasteiger partial charge in [0.05, 0.1) is 12.7 Å². The van der Waals surface area contributed by atoms with Gasteiger partial charge < -0.3 is 21.1 Å². The maximum absolute atomic E-state index is 12.0. The molecule has 1 aromatic heterocycles. The lowest BCUT2D eigenvalue weighted by Gasteiger charge is -2.20. The Kier molecular flexibility index (Phi) is 9.94. The van der Waals surface area contributed by atoms with Gasteiger partial charge in [-0.25, -0.2) is 4.99 Å². The fraction of sp³-hybridized carbons (Fsp3) is 0.421. The summed E-state index contributed by atoms with van der Waals surface area (Å²) in [5.74, 6) is 0.467. The molecule has 2 rings (SSSR count). The van der Waals surface area contributed by atoms with Gasteiger partial charge in [-0.2, -0.15) is 5.10 Å². The van der Waals surface area contributed by atoms with Crippen molar-refractivity contribution in [1.82, 2.24) is 25.7 Å². The van der Waals surface area contributed by atoms with Crippen molar-refractivity contribution in [2.75, 3.05) is 26.2 Å². The predicted molar refractivity (Wildman–Crippen MR) is 121 cm³/mol. The van der Waals surface area contributed by atoms with Gasteiger partial charge in [0, 0.05) is 44.0 Å². The summed E-state index contributed by atoms with van der Waals surface area (Å²) in [5.41, 5.74) is 0.225. The molecule has 0 bridgehead atoms. The number of rotatable bonds is 8. The van der Waals surface area contributed by atoms with Gasteiger partial charge in [-0.3, -0.25) is 9.48 Å². The summed E-state index contributed by atoms with van der Waals surface area (Å²) in [6.45, 7) is 5.52. The number of carbonyl (C=O) groups is 1. The number of aryl methyl sites for hydroxylation is 1. The number of nitrogens with one attached hydrogen (secondary N) is 3. The Morgan fingerprint density at radius 1 is 1.21 bits per heavy atom. The minimum Gasteiger partial charge on any atom is -0.383 e. The zero-order valence-corrected chi connectivity index (χ0v) is 18.8. The van der Waals surface area contributed by atoms with E-state index in [1.807, 2.05) is 25.1 Å². The van der Waals surface area contributed by atoms with Crippen molar-refractivity contribution >= 4 is 35.8 Å². The Hall–Kier alpha value is -2.14. The Bertz CT molecular complexity index is 761. The maximum atomic E-state index is 12.0. The lowest BCUT2D eigenvalue weighted by molar-refractivity contribution is 0.0672. The zero-order chi connectivity index (χ0) is 19.7. The van der Waals surface area contributed by atoms with Crippen molar-refractivity contribution in [3.8, 4) is 0 Å². The monoisotopic (exact) mass is 500 g/mol. The maximum Gasteiger partial charge on any atom is 0.251 e. The van der Waals surface area contributed by atoms with E-state index in [2.05, 4.69) is 26.0 Å². The molecule has 1 heterocycles. The highest BCUT2D eigenvalue weighted by molar-refractivity contribution is 14.0. The first-order valence-electron chi connectivity index (χ1n) is 8.99. The van der Waals surface area contributed by atoms with E-state index in [0.717, 1.165) is 0 Å². The van der Waals surface area contributed by atoms with Gasteiger partial charge >= 0.3 is 0 Å². The van der Waals surface area contributed by atoms with Gasteiger partial charge in [0.25, 0.3) is 5.91 Å². The van der Waals surface area contributed by atoms with Crippen LogP contribution in [0, 0.1) is 0 Å². The van der Waals surface area contributed by atoms with E-state index in [1.165, 1.54) is 0 Å². The molecule has 0 saturated carbocycles. The molecule has 0 spiro atoms. The molecule has 28 heavy (non-hydrogen) atoms.